The van der Waals surface area contributed by atoms with Gasteiger partial charge in [-0.25, -0.2) is 0 Å². The highest BCUT2D eigenvalue weighted by atomic mass is 16.2. The Morgan fingerprint density at radius 2 is 1.72 bits per heavy atom. The summed E-state index contributed by atoms with van der Waals surface area (Å²) in [6.45, 7) is 0.105. The van der Waals surface area contributed by atoms with E-state index >= 15 is 0 Å². The molecule has 4 amide bonds. The van der Waals surface area contributed by atoms with Gasteiger partial charge in [0.25, 0.3) is 0 Å². The molecule has 2 rings (SSSR count). The average Bonchev–Trinajstić information content (AvgIpc) is 3.42. The summed E-state index contributed by atoms with van der Waals surface area (Å²) >= 11 is 0. The molecule has 0 spiro atoms. The molecule has 0 unspecified atom stereocenters. The minimum Gasteiger partial charge on any atom is -0.352 e. The molecule has 1 saturated carbocycles. The van der Waals surface area contributed by atoms with E-state index < -0.39 is 17.7 Å². The van der Waals surface area contributed by atoms with Crippen molar-refractivity contribution in [2.75, 3.05) is 6.54 Å². The maximum atomic E-state index is 11.6. The predicted octanol–water partition coefficient (Wildman–Crippen LogP) is -0.368. The van der Waals surface area contributed by atoms with E-state index in [1.807, 2.05) is 35.8 Å². The van der Waals surface area contributed by atoms with Crippen LogP contribution in [0.2, 0.25) is 0 Å². The Balaban J connectivity index is 1.58. The highest BCUT2D eigenvalue weighted by Gasteiger charge is 2.26. The van der Waals surface area contributed by atoms with Gasteiger partial charge in [0.1, 0.15) is 0 Å². The number of carbonyl (C=O) groups excluding carboxylic acids is 4. The number of hydrazine groups is 1. The minimum atomic E-state index is -0.921. The Morgan fingerprint density at radius 3 is 2.40 bits per heavy atom. The maximum absolute atomic E-state index is 11.6. The lowest BCUT2D eigenvalue weighted by Crippen LogP contribution is -2.49. The number of hydrogen-bond donors (Lipinski definition) is 4. The van der Waals surface area contributed by atoms with Gasteiger partial charge in [-0.2, -0.15) is 0 Å². The SMILES string of the molecule is O=C(/C=C/c1ccccc1)NCCC(=O)NNC(=O)C(=O)NC1CC1. The summed E-state index contributed by atoms with van der Waals surface area (Å²) in [6.07, 6.45) is 4.73. The van der Waals surface area contributed by atoms with Crippen molar-refractivity contribution in [1.82, 2.24) is 21.5 Å². The average molecular weight is 344 g/mol. The van der Waals surface area contributed by atoms with Crippen molar-refractivity contribution in [2.24, 2.45) is 0 Å². The van der Waals surface area contributed by atoms with E-state index in [4.69, 9.17) is 0 Å². The van der Waals surface area contributed by atoms with Gasteiger partial charge >= 0.3 is 11.8 Å². The molecule has 0 heterocycles. The first kappa shape index (κ1) is 18.2. The van der Waals surface area contributed by atoms with Crippen molar-refractivity contribution < 1.29 is 19.2 Å². The van der Waals surface area contributed by atoms with Crippen LogP contribution in [-0.2, 0) is 19.2 Å². The topological polar surface area (TPSA) is 116 Å². The van der Waals surface area contributed by atoms with Crippen molar-refractivity contribution in [3.05, 3.63) is 42.0 Å². The molecule has 0 aliphatic heterocycles. The molecule has 1 aliphatic carbocycles. The molecule has 0 radical (unpaired) electrons. The number of hydrogen-bond acceptors (Lipinski definition) is 4. The Kier molecular flexibility index (Phi) is 6.70. The van der Waals surface area contributed by atoms with Gasteiger partial charge in [-0.15, -0.1) is 0 Å². The highest BCUT2D eigenvalue weighted by Crippen LogP contribution is 2.18. The second-order valence-corrected chi connectivity index (χ2v) is 5.54. The van der Waals surface area contributed by atoms with Gasteiger partial charge in [-0.05, 0) is 24.5 Å². The molecule has 8 nitrogen and oxygen atoms in total. The molecule has 4 N–H and O–H groups in total. The second kappa shape index (κ2) is 9.21. The number of benzene rings is 1. The normalized spacial score (nSPS) is 13.1. The summed E-state index contributed by atoms with van der Waals surface area (Å²) in [5.74, 6) is -2.54. The summed E-state index contributed by atoms with van der Waals surface area (Å²) in [7, 11) is 0. The first-order valence-corrected chi connectivity index (χ1v) is 7.95. The van der Waals surface area contributed by atoms with Crippen molar-refractivity contribution in [3.8, 4) is 0 Å². The van der Waals surface area contributed by atoms with Gasteiger partial charge < -0.3 is 10.6 Å². The summed E-state index contributed by atoms with van der Waals surface area (Å²) < 4.78 is 0. The smallest absolute Gasteiger partial charge is 0.327 e. The molecule has 25 heavy (non-hydrogen) atoms. The van der Waals surface area contributed by atoms with Crippen LogP contribution in [0.25, 0.3) is 6.08 Å². The van der Waals surface area contributed by atoms with Crippen molar-refractivity contribution in [2.45, 2.75) is 25.3 Å². The predicted molar refractivity (Wildman–Crippen MR) is 90.6 cm³/mol. The van der Waals surface area contributed by atoms with E-state index in [2.05, 4.69) is 16.1 Å². The Bertz CT molecular complexity index is 668. The zero-order valence-corrected chi connectivity index (χ0v) is 13.6. The van der Waals surface area contributed by atoms with E-state index in [0.717, 1.165) is 18.4 Å². The summed E-state index contributed by atoms with van der Waals surface area (Å²) in [5, 5.41) is 5.05. The number of nitrogens with one attached hydrogen (secondary N) is 4. The zero-order chi connectivity index (χ0) is 18.1. The van der Waals surface area contributed by atoms with Crippen LogP contribution >= 0.6 is 0 Å². The van der Waals surface area contributed by atoms with Crippen LogP contribution in [0.1, 0.15) is 24.8 Å². The largest absolute Gasteiger partial charge is 0.352 e. The van der Waals surface area contributed by atoms with Gasteiger partial charge in [-0.3, -0.25) is 30.0 Å². The van der Waals surface area contributed by atoms with Crippen LogP contribution in [0.15, 0.2) is 36.4 Å². The molecular formula is C17H20N4O4. The lowest BCUT2D eigenvalue weighted by atomic mass is 10.2. The number of carbonyl (C=O) groups is 4. The molecule has 8 heteroatoms. The van der Waals surface area contributed by atoms with Gasteiger partial charge in [0.2, 0.25) is 11.8 Å². The molecule has 0 bridgehead atoms. The van der Waals surface area contributed by atoms with E-state index in [9.17, 15) is 19.2 Å². The molecule has 1 aromatic rings. The maximum Gasteiger partial charge on any atom is 0.327 e. The molecule has 1 aromatic carbocycles. The van der Waals surface area contributed by atoms with Gasteiger partial charge in [0.05, 0.1) is 0 Å². The molecule has 0 atom stereocenters. The van der Waals surface area contributed by atoms with Gasteiger partial charge in [0.15, 0.2) is 0 Å². The van der Waals surface area contributed by atoms with Crippen molar-refractivity contribution >= 4 is 29.7 Å². The summed E-state index contributed by atoms with van der Waals surface area (Å²) in [5.41, 5.74) is 5.03. The first-order chi connectivity index (χ1) is 12.0. The lowest BCUT2D eigenvalue weighted by Gasteiger charge is -2.07. The second-order valence-electron chi connectivity index (χ2n) is 5.54. The Morgan fingerprint density at radius 1 is 1.00 bits per heavy atom. The molecule has 1 aliphatic rings. The molecule has 0 aromatic heterocycles. The van der Waals surface area contributed by atoms with Crippen molar-refractivity contribution in [1.29, 1.82) is 0 Å². The molecule has 132 valence electrons. The zero-order valence-electron chi connectivity index (χ0n) is 13.6. The monoisotopic (exact) mass is 344 g/mol. The third-order valence-electron chi connectivity index (χ3n) is 3.31. The molecular weight excluding hydrogens is 324 g/mol. The van der Waals surface area contributed by atoms with Crippen LogP contribution in [0.3, 0.4) is 0 Å². The standard InChI is InChI=1S/C17H20N4O4/c22-14(9-6-12-4-2-1-3-5-12)18-11-10-15(23)20-21-17(25)16(24)19-13-7-8-13/h1-6,9,13H,7-8,10-11H2,(H,18,22)(H,19,24)(H,20,23)(H,21,25)/b9-6+. The van der Waals surface area contributed by atoms with E-state index in [1.165, 1.54) is 6.08 Å². The van der Waals surface area contributed by atoms with Crippen LogP contribution in [-0.4, -0.2) is 36.2 Å². The third kappa shape index (κ3) is 7.30. The third-order valence-corrected chi connectivity index (χ3v) is 3.31. The van der Waals surface area contributed by atoms with Crippen LogP contribution < -0.4 is 21.5 Å². The summed E-state index contributed by atoms with van der Waals surface area (Å²) in [6, 6.07) is 9.39. The van der Waals surface area contributed by atoms with Crippen LogP contribution in [0.5, 0.6) is 0 Å². The molecule has 1 fully saturated rings. The van der Waals surface area contributed by atoms with E-state index in [0.29, 0.717) is 0 Å². The molecule has 0 saturated heterocycles. The first-order valence-electron chi connectivity index (χ1n) is 7.95. The Labute approximate surface area is 145 Å². The lowest BCUT2D eigenvalue weighted by molar-refractivity contribution is -0.141. The van der Waals surface area contributed by atoms with E-state index in [-0.39, 0.29) is 24.9 Å². The van der Waals surface area contributed by atoms with Crippen LogP contribution in [0, 0.1) is 0 Å². The Hall–Kier alpha value is -3.16. The van der Waals surface area contributed by atoms with Gasteiger partial charge in [0, 0.05) is 25.1 Å². The quantitative estimate of drug-likeness (QED) is 0.320. The van der Waals surface area contributed by atoms with E-state index in [1.54, 1.807) is 6.08 Å². The fourth-order valence-corrected chi connectivity index (χ4v) is 1.82. The fourth-order valence-electron chi connectivity index (χ4n) is 1.82. The number of amides is 4. The van der Waals surface area contributed by atoms with Crippen molar-refractivity contribution in [3.63, 3.8) is 0 Å². The number of rotatable bonds is 6. The van der Waals surface area contributed by atoms with Crippen LogP contribution in [0.4, 0.5) is 0 Å². The highest BCUT2D eigenvalue weighted by molar-refractivity contribution is 6.35. The van der Waals surface area contributed by atoms with Gasteiger partial charge in [-0.1, -0.05) is 30.3 Å². The minimum absolute atomic E-state index is 0.0323. The summed E-state index contributed by atoms with van der Waals surface area (Å²) in [4.78, 5) is 45.9. The fraction of sp³-hybridized carbons (Fsp3) is 0.294.